The van der Waals surface area contributed by atoms with E-state index in [0.29, 0.717) is 11.1 Å². The lowest BCUT2D eigenvalue weighted by molar-refractivity contribution is 0.590. The Morgan fingerprint density at radius 2 is 0.904 bits per heavy atom. The summed E-state index contributed by atoms with van der Waals surface area (Å²) in [6.07, 6.45) is 0. The van der Waals surface area contributed by atoms with Gasteiger partial charge >= 0.3 is 0 Å². The average Bonchev–Trinajstić information content (AvgIpc) is 1.68. The molecular weight excluding hydrogens is 1020 g/mol. The Labute approximate surface area is 511 Å². The van der Waals surface area contributed by atoms with Gasteiger partial charge in [0.25, 0.3) is 6.71 Å². The summed E-state index contributed by atoms with van der Waals surface area (Å²) in [6.45, 7) is 26.1. The highest BCUT2D eigenvalue weighted by Crippen LogP contribution is 2.52. The summed E-state index contributed by atoms with van der Waals surface area (Å²) in [5.41, 5.74) is 16.6. The van der Waals surface area contributed by atoms with Crippen molar-refractivity contribution in [1.29, 1.82) is 0 Å². The van der Waals surface area contributed by atoms with Gasteiger partial charge in [-0.05, 0) is 168 Å². The minimum absolute atomic E-state index is 0.0542. The van der Waals surface area contributed by atoms with E-state index in [9.17, 15) is 5.48 Å². The molecule has 0 radical (unpaired) electrons. The van der Waals surface area contributed by atoms with Crippen LogP contribution in [-0.4, -0.2) is 6.71 Å². The minimum Gasteiger partial charge on any atom is -0.311 e. The average molecular weight is 1110 g/mol. The van der Waals surface area contributed by atoms with E-state index in [1.54, 1.807) is 11.3 Å². The molecule has 1 aromatic heterocycles. The highest BCUT2D eigenvalue weighted by atomic mass is 32.1. The molecule has 83 heavy (non-hydrogen) atoms. The summed E-state index contributed by atoms with van der Waals surface area (Å²) >= 11 is 1.65. The molecule has 0 aliphatic carbocycles. The molecule has 2 aliphatic rings. The summed E-state index contributed by atoms with van der Waals surface area (Å²) in [4.78, 5) is 6.90. The SMILES string of the molecule is [2H]c1c([2H])c([2H])c(-c2cc3c4c(c2)N(c2ccc(C(C)(C)C)cc2)c2c(sc5ccc(-c6c([2H])c([2H])c([2H])c([2H])c6[2H])cc25)B4c2ccc(N(c4ccc(C(C)(C)C)cc4)c4ccc(C(C)(C)C)cc4)cc2N3c2ccc(C(C)(C)C)cc2-c2ccccc2)c([2H])c1[2H]. The van der Waals surface area contributed by atoms with Crippen LogP contribution in [0.4, 0.5) is 51.2 Å². The molecule has 0 saturated heterocycles. The Bertz CT molecular complexity index is 4730. The highest BCUT2D eigenvalue weighted by molar-refractivity contribution is 7.33. The fourth-order valence-corrected chi connectivity index (χ4v) is 13.3. The van der Waals surface area contributed by atoms with Crippen molar-refractivity contribution in [2.45, 2.75) is 105 Å². The minimum atomic E-state index is -0.488. The number of rotatable bonds is 8. The quantitative estimate of drug-likeness (QED) is 0.140. The molecule has 5 heteroatoms. The van der Waals surface area contributed by atoms with Gasteiger partial charge in [0.2, 0.25) is 0 Å². The Kier molecular flexibility index (Phi) is 10.5. The van der Waals surface area contributed by atoms with Crippen molar-refractivity contribution in [2.24, 2.45) is 0 Å². The number of benzene rings is 10. The standard InChI is InChI=1S/C78H74BN3S/c1-75(2,3)56-29-36-60(37-30-56)80(61-38-31-57(32-39-61)76(4,5)6)63-42-43-66-68(50-63)82(67-44-35-59(78(10,11)12)49-64(67)53-26-20-15-21-27-53)70-48-55(52-24-18-14-19-25-52)47-69-72(70)79(66)74-73(81(69)62-40-33-58(34-41-62)77(7,8)9)65-46-54(28-45-71(65)83-74)51-22-16-13-17-23-51/h13-50H,1-12H3/i13D,14D,16D,17D,18D,19D,22D,23D,24D,25D. The second kappa shape index (κ2) is 20.2. The predicted molar refractivity (Wildman–Crippen MR) is 362 cm³/mol. The molecule has 0 atom stereocenters. The largest absolute Gasteiger partial charge is 0.311 e. The van der Waals surface area contributed by atoms with Crippen LogP contribution in [0.15, 0.2) is 230 Å². The molecule has 2 aliphatic heterocycles. The van der Waals surface area contributed by atoms with E-state index in [-0.39, 0.29) is 57.0 Å². The summed E-state index contributed by atoms with van der Waals surface area (Å²) < 4.78 is 92.9. The third-order valence-electron chi connectivity index (χ3n) is 16.6. The maximum Gasteiger partial charge on any atom is 0.264 e. The smallest absolute Gasteiger partial charge is 0.264 e. The van der Waals surface area contributed by atoms with Crippen molar-refractivity contribution < 1.29 is 13.7 Å². The van der Waals surface area contributed by atoms with Gasteiger partial charge in [0, 0.05) is 60.2 Å². The maximum atomic E-state index is 9.69. The van der Waals surface area contributed by atoms with Crippen molar-refractivity contribution >= 4 is 95.0 Å². The van der Waals surface area contributed by atoms with Gasteiger partial charge in [-0.3, -0.25) is 0 Å². The van der Waals surface area contributed by atoms with Crippen molar-refractivity contribution in [3.8, 4) is 33.4 Å². The number of fused-ring (bicyclic) bond motifs is 6. The van der Waals surface area contributed by atoms with Crippen LogP contribution in [0.2, 0.25) is 0 Å². The molecule has 3 heterocycles. The third-order valence-corrected chi connectivity index (χ3v) is 17.9. The van der Waals surface area contributed by atoms with Crippen LogP contribution in [-0.2, 0) is 21.7 Å². The van der Waals surface area contributed by atoms with Crippen molar-refractivity contribution in [3.05, 3.63) is 253 Å². The molecule has 0 saturated carbocycles. The molecule has 0 fully saturated rings. The number of nitrogens with zero attached hydrogens (tertiary/aromatic N) is 3. The molecule has 3 nitrogen and oxygen atoms in total. The van der Waals surface area contributed by atoms with Crippen LogP contribution in [0.25, 0.3) is 43.5 Å². The Balaban J connectivity index is 1.20. The van der Waals surface area contributed by atoms with E-state index in [0.717, 1.165) is 99.2 Å². The van der Waals surface area contributed by atoms with Crippen LogP contribution in [0, 0.1) is 0 Å². The number of hydrogen-bond donors (Lipinski definition) is 0. The second-order valence-corrected chi connectivity index (χ2v) is 27.5. The van der Waals surface area contributed by atoms with Crippen LogP contribution >= 0.6 is 11.3 Å². The Morgan fingerprint density at radius 3 is 1.46 bits per heavy atom. The summed E-state index contributed by atoms with van der Waals surface area (Å²) in [6, 6.07) is 56.0. The molecule has 410 valence electrons. The zero-order chi connectivity index (χ0) is 66.4. The summed E-state index contributed by atoms with van der Waals surface area (Å²) in [5.74, 6) is 0. The van der Waals surface area contributed by atoms with Gasteiger partial charge in [-0.2, -0.15) is 0 Å². The molecule has 0 spiro atoms. The Hall–Kier alpha value is -8.38. The fourth-order valence-electron chi connectivity index (χ4n) is 12.0. The molecule has 0 amide bonds. The zero-order valence-electron chi connectivity index (χ0n) is 59.5. The second-order valence-electron chi connectivity index (χ2n) is 26.4. The predicted octanol–water partition coefficient (Wildman–Crippen LogP) is 20.6. The van der Waals surface area contributed by atoms with Gasteiger partial charge in [0.15, 0.2) is 0 Å². The van der Waals surface area contributed by atoms with Crippen LogP contribution in [0.3, 0.4) is 0 Å². The van der Waals surface area contributed by atoms with Crippen LogP contribution in [0.5, 0.6) is 0 Å². The molecule has 11 aromatic rings. The number of hydrogen-bond acceptors (Lipinski definition) is 4. The molecule has 10 aromatic carbocycles. The normalized spacial score (nSPS) is 14.9. The van der Waals surface area contributed by atoms with Gasteiger partial charge in [-0.25, -0.2) is 0 Å². The number of anilines is 9. The first-order chi connectivity index (χ1) is 43.8. The van der Waals surface area contributed by atoms with E-state index >= 15 is 0 Å². The molecule has 13 rings (SSSR count). The third kappa shape index (κ3) is 9.77. The van der Waals surface area contributed by atoms with Crippen molar-refractivity contribution in [1.82, 2.24) is 0 Å². The molecule has 0 N–H and O–H groups in total. The van der Waals surface area contributed by atoms with Crippen LogP contribution < -0.4 is 30.4 Å². The number of thiophene rings is 1. The molecule has 0 unspecified atom stereocenters. The van der Waals surface area contributed by atoms with Gasteiger partial charge in [-0.15, -0.1) is 11.3 Å². The monoisotopic (exact) mass is 1110 g/mol. The van der Waals surface area contributed by atoms with Crippen LogP contribution in [0.1, 0.15) is 119 Å². The van der Waals surface area contributed by atoms with Crippen molar-refractivity contribution in [3.63, 3.8) is 0 Å². The lowest BCUT2D eigenvalue weighted by Gasteiger charge is -2.44. The summed E-state index contributed by atoms with van der Waals surface area (Å²) in [5, 5.41) is 0.785. The van der Waals surface area contributed by atoms with E-state index in [1.165, 1.54) is 11.1 Å². The highest BCUT2D eigenvalue weighted by Gasteiger charge is 2.46. The first-order valence-electron chi connectivity index (χ1n) is 33.8. The van der Waals surface area contributed by atoms with E-state index < -0.39 is 43.0 Å². The zero-order valence-corrected chi connectivity index (χ0v) is 50.3. The first kappa shape index (κ1) is 43.3. The lowest BCUT2D eigenvalue weighted by atomic mass is 9.36. The molecule has 0 bridgehead atoms. The van der Waals surface area contributed by atoms with E-state index in [2.05, 4.69) is 231 Å². The van der Waals surface area contributed by atoms with Gasteiger partial charge in [-0.1, -0.05) is 228 Å². The first-order valence-corrected chi connectivity index (χ1v) is 29.6. The van der Waals surface area contributed by atoms with Gasteiger partial charge < -0.3 is 14.7 Å². The topological polar surface area (TPSA) is 9.72 Å². The van der Waals surface area contributed by atoms with E-state index in [4.69, 9.17) is 8.22 Å². The van der Waals surface area contributed by atoms with E-state index in [1.807, 2.05) is 36.4 Å². The maximum absolute atomic E-state index is 9.69. The van der Waals surface area contributed by atoms with Crippen molar-refractivity contribution in [2.75, 3.05) is 14.7 Å². The Morgan fingerprint density at radius 1 is 0.398 bits per heavy atom. The lowest BCUT2D eigenvalue weighted by Crippen LogP contribution is -2.60. The fraction of sp³-hybridized carbons (Fsp3) is 0.205. The summed E-state index contributed by atoms with van der Waals surface area (Å²) in [7, 11) is 0. The molecular formula is C78H74BN3S. The van der Waals surface area contributed by atoms with Gasteiger partial charge in [0.1, 0.15) is 0 Å². The van der Waals surface area contributed by atoms with Gasteiger partial charge in [0.05, 0.1) is 25.1 Å².